The van der Waals surface area contributed by atoms with Crippen molar-refractivity contribution in [1.82, 2.24) is 5.32 Å². The monoisotopic (exact) mass is 275 g/mol. The Balaban J connectivity index is 1.55. The summed E-state index contributed by atoms with van der Waals surface area (Å²) in [7, 11) is 0. The second-order valence-corrected chi connectivity index (χ2v) is 6.40. The van der Waals surface area contributed by atoms with E-state index >= 15 is 0 Å². The maximum atomic E-state index is 5.65. The number of ether oxygens (including phenoxy) is 1. The summed E-state index contributed by atoms with van der Waals surface area (Å²) in [4.78, 5) is 1.42. The van der Waals surface area contributed by atoms with Crippen LogP contribution in [-0.4, -0.2) is 19.3 Å². The van der Waals surface area contributed by atoms with Crippen LogP contribution in [0, 0.1) is 0 Å². The summed E-state index contributed by atoms with van der Waals surface area (Å²) in [5.41, 5.74) is 0. The van der Waals surface area contributed by atoms with Crippen LogP contribution in [-0.2, 0) is 4.74 Å². The van der Waals surface area contributed by atoms with Gasteiger partial charge in [0.25, 0.3) is 0 Å². The van der Waals surface area contributed by atoms with Crippen molar-refractivity contribution in [2.24, 2.45) is 0 Å². The molecule has 19 heavy (non-hydrogen) atoms. The molecule has 2 unspecified atom stereocenters. The Kier molecular flexibility index (Phi) is 4.16. The summed E-state index contributed by atoms with van der Waals surface area (Å²) >= 11 is 1.89. The van der Waals surface area contributed by atoms with Crippen LogP contribution in [0.5, 0.6) is 0 Å². The second kappa shape index (κ2) is 6.04. The van der Waals surface area contributed by atoms with Crippen molar-refractivity contribution in [1.29, 1.82) is 0 Å². The van der Waals surface area contributed by atoms with Gasteiger partial charge in [0.15, 0.2) is 0 Å². The molecular weight excluding hydrogens is 254 g/mol. The molecule has 0 spiro atoms. The quantitative estimate of drug-likeness (QED) is 0.886. The third-order valence-electron chi connectivity index (χ3n) is 3.81. The SMILES string of the molecule is CC(NCCC1CCCO1)c1cc2ccccc2s1. The smallest absolute Gasteiger partial charge is 0.0588 e. The van der Waals surface area contributed by atoms with E-state index in [1.54, 1.807) is 0 Å². The van der Waals surface area contributed by atoms with Crippen LogP contribution >= 0.6 is 11.3 Å². The van der Waals surface area contributed by atoms with Crippen LogP contribution in [0.25, 0.3) is 10.1 Å². The minimum atomic E-state index is 0.429. The van der Waals surface area contributed by atoms with Crippen LogP contribution in [0.15, 0.2) is 30.3 Å². The van der Waals surface area contributed by atoms with E-state index in [2.05, 4.69) is 42.6 Å². The predicted octanol–water partition coefficient (Wildman–Crippen LogP) is 4.12. The first-order valence-electron chi connectivity index (χ1n) is 7.16. The van der Waals surface area contributed by atoms with E-state index in [1.165, 1.54) is 27.8 Å². The van der Waals surface area contributed by atoms with E-state index in [4.69, 9.17) is 4.74 Å². The van der Waals surface area contributed by atoms with Crippen molar-refractivity contribution in [2.45, 2.75) is 38.3 Å². The first kappa shape index (κ1) is 13.1. The van der Waals surface area contributed by atoms with Crippen LogP contribution in [0.3, 0.4) is 0 Å². The zero-order valence-corrected chi connectivity index (χ0v) is 12.2. The van der Waals surface area contributed by atoms with Gasteiger partial charge in [-0.2, -0.15) is 0 Å². The van der Waals surface area contributed by atoms with E-state index in [1.807, 2.05) is 11.3 Å². The van der Waals surface area contributed by atoms with Crippen molar-refractivity contribution < 1.29 is 4.74 Å². The van der Waals surface area contributed by atoms with E-state index in [-0.39, 0.29) is 0 Å². The molecule has 3 rings (SSSR count). The maximum Gasteiger partial charge on any atom is 0.0588 e. The summed E-state index contributed by atoms with van der Waals surface area (Å²) in [6, 6.07) is 11.3. The fourth-order valence-corrected chi connectivity index (χ4v) is 3.74. The average Bonchev–Trinajstić information content (AvgIpc) is 3.07. The van der Waals surface area contributed by atoms with Gasteiger partial charge in [-0.25, -0.2) is 0 Å². The van der Waals surface area contributed by atoms with E-state index in [9.17, 15) is 0 Å². The molecular formula is C16H21NOS. The number of fused-ring (bicyclic) bond motifs is 1. The molecule has 1 fully saturated rings. The number of rotatable bonds is 5. The van der Waals surface area contributed by atoms with Crippen molar-refractivity contribution in [3.63, 3.8) is 0 Å². The number of benzene rings is 1. The molecule has 2 atom stereocenters. The lowest BCUT2D eigenvalue weighted by atomic mass is 10.1. The van der Waals surface area contributed by atoms with Gasteiger partial charge in [-0.1, -0.05) is 18.2 Å². The molecule has 0 amide bonds. The van der Waals surface area contributed by atoms with Gasteiger partial charge < -0.3 is 10.1 Å². The van der Waals surface area contributed by atoms with Crippen LogP contribution < -0.4 is 5.32 Å². The van der Waals surface area contributed by atoms with Gasteiger partial charge in [-0.15, -0.1) is 11.3 Å². The Hall–Kier alpha value is -0.900. The maximum absolute atomic E-state index is 5.65. The summed E-state index contributed by atoms with van der Waals surface area (Å²) in [6.07, 6.45) is 4.09. The number of nitrogens with one attached hydrogen (secondary N) is 1. The summed E-state index contributed by atoms with van der Waals surface area (Å²) < 4.78 is 7.03. The van der Waals surface area contributed by atoms with E-state index < -0.39 is 0 Å². The lowest BCUT2D eigenvalue weighted by Gasteiger charge is -2.14. The molecule has 2 aromatic rings. The molecule has 0 saturated carbocycles. The number of hydrogen-bond acceptors (Lipinski definition) is 3. The second-order valence-electron chi connectivity index (χ2n) is 5.29. The number of thiophene rings is 1. The zero-order chi connectivity index (χ0) is 13.1. The highest BCUT2D eigenvalue weighted by Gasteiger charge is 2.15. The first-order valence-corrected chi connectivity index (χ1v) is 7.98. The predicted molar refractivity (Wildman–Crippen MR) is 81.8 cm³/mol. The summed E-state index contributed by atoms with van der Waals surface area (Å²) in [5, 5.41) is 4.97. The van der Waals surface area contributed by atoms with Crippen molar-refractivity contribution in [3.8, 4) is 0 Å². The molecule has 102 valence electrons. The third-order valence-corrected chi connectivity index (χ3v) is 5.11. The van der Waals surface area contributed by atoms with Crippen molar-refractivity contribution >= 4 is 21.4 Å². The van der Waals surface area contributed by atoms with Crippen LogP contribution in [0.4, 0.5) is 0 Å². The summed E-state index contributed by atoms with van der Waals surface area (Å²) in [5.74, 6) is 0. The lowest BCUT2D eigenvalue weighted by molar-refractivity contribution is 0.103. The lowest BCUT2D eigenvalue weighted by Crippen LogP contribution is -2.22. The molecule has 2 heterocycles. The molecule has 1 aliphatic heterocycles. The fraction of sp³-hybridized carbons (Fsp3) is 0.500. The van der Waals surface area contributed by atoms with Gasteiger partial charge in [0.2, 0.25) is 0 Å². The molecule has 1 aromatic carbocycles. The first-order chi connectivity index (χ1) is 9.33. The Labute approximate surface area is 118 Å². The van der Waals surface area contributed by atoms with Gasteiger partial charge in [-0.05, 0) is 50.2 Å². The Bertz CT molecular complexity index is 497. The van der Waals surface area contributed by atoms with Crippen LogP contribution in [0.1, 0.15) is 37.1 Å². The Morgan fingerprint density at radius 3 is 3.11 bits per heavy atom. The van der Waals surface area contributed by atoms with Crippen LogP contribution in [0.2, 0.25) is 0 Å². The highest BCUT2D eigenvalue weighted by atomic mass is 32.1. The molecule has 0 bridgehead atoms. The molecule has 1 aromatic heterocycles. The van der Waals surface area contributed by atoms with E-state index in [0.29, 0.717) is 12.1 Å². The molecule has 1 saturated heterocycles. The van der Waals surface area contributed by atoms with E-state index in [0.717, 1.165) is 19.6 Å². The van der Waals surface area contributed by atoms with Crippen molar-refractivity contribution in [2.75, 3.05) is 13.2 Å². The van der Waals surface area contributed by atoms with Crippen molar-refractivity contribution in [3.05, 3.63) is 35.2 Å². The molecule has 0 aliphatic carbocycles. The van der Waals surface area contributed by atoms with Gasteiger partial charge in [0.05, 0.1) is 6.10 Å². The standard InChI is InChI=1S/C16H21NOS/c1-12(17-9-8-14-6-4-10-18-14)16-11-13-5-2-3-7-15(13)19-16/h2-3,5,7,11-12,14,17H,4,6,8-10H2,1H3. The molecule has 1 N–H and O–H groups in total. The Morgan fingerprint density at radius 2 is 2.32 bits per heavy atom. The molecule has 0 radical (unpaired) electrons. The van der Waals surface area contributed by atoms with Gasteiger partial charge >= 0.3 is 0 Å². The zero-order valence-electron chi connectivity index (χ0n) is 11.4. The highest BCUT2D eigenvalue weighted by molar-refractivity contribution is 7.19. The normalized spacial score (nSPS) is 21.0. The highest BCUT2D eigenvalue weighted by Crippen LogP contribution is 2.29. The number of hydrogen-bond donors (Lipinski definition) is 1. The minimum absolute atomic E-state index is 0.429. The van der Waals surface area contributed by atoms with Gasteiger partial charge in [-0.3, -0.25) is 0 Å². The molecule has 1 aliphatic rings. The minimum Gasteiger partial charge on any atom is -0.378 e. The largest absolute Gasteiger partial charge is 0.378 e. The summed E-state index contributed by atoms with van der Waals surface area (Å²) in [6.45, 7) is 4.25. The Morgan fingerprint density at radius 1 is 1.42 bits per heavy atom. The molecule has 3 heteroatoms. The van der Waals surface area contributed by atoms with Gasteiger partial charge in [0, 0.05) is 22.2 Å². The molecule has 2 nitrogen and oxygen atoms in total. The topological polar surface area (TPSA) is 21.3 Å². The third kappa shape index (κ3) is 3.16. The van der Waals surface area contributed by atoms with Gasteiger partial charge in [0.1, 0.15) is 0 Å². The average molecular weight is 275 g/mol. The fourth-order valence-electron chi connectivity index (χ4n) is 2.65.